The van der Waals surface area contributed by atoms with Gasteiger partial charge in [-0.3, -0.25) is 14.8 Å². The Morgan fingerprint density at radius 3 is 2.54 bits per heavy atom. The number of carbonyl (C=O) groups is 1. The van der Waals surface area contributed by atoms with E-state index < -0.39 is 28.8 Å². The molecule has 2 bridgehead atoms. The van der Waals surface area contributed by atoms with Crippen LogP contribution in [0.3, 0.4) is 0 Å². The van der Waals surface area contributed by atoms with Crippen LogP contribution in [0.15, 0.2) is 54.7 Å². The zero-order chi connectivity index (χ0) is 32.4. The smallest absolute Gasteiger partial charge is 0.338 e. The van der Waals surface area contributed by atoms with Crippen LogP contribution in [0.5, 0.6) is 0 Å². The summed E-state index contributed by atoms with van der Waals surface area (Å²) < 4.78 is 57.5. The molecule has 1 amide bonds. The molecule has 4 aromatic rings. The van der Waals surface area contributed by atoms with Gasteiger partial charge < -0.3 is 9.47 Å². The number of halogens is 4. The van der Waals surface area contributed by atoms with Crippen LogP contribution in [0.2, 0.25) is 0 Å². The van der Waals surface area contributed by atoms with Gasteiger partial charge in [-0.05, 0) is 100 Å². The maximum absolute atomic E-state index is 14.6. The molecule has 1 N–H and O–H groups in total. The minimum atomic E-state index is -4.70. The maximum atomic E-state index is 14.6. The van der Waals surface area contributed by atoms with Crippen molar-refractivity contribution in [2.45, 2.75) is 88.5 Å². The van der Waals surface area contributed by atoms with E-state index in [2.05, 4.69) is 53.5 Å². The lowest BCUT2D eigenvalue weighted by atomic mass is 9.69. The summed E-state index contributed by atoms with van der Waals surface area (Å²) in [4.78, 5) is 22.2. The van der Waals surface area contributed by atoms with Gasteiger partial charge in [-0.25, -0.2) is 9.37 Å². The monoisotopic (exact) mass is 636 g/mol. The molecule has 3 saturated heterocycles. The van der Waals surface area contributed by atoms with Crippen LogP contribution in [-0.4, -0.2) is 66.7 Å². The van der Waals surface area contributed by atoms with Crippen molar-refractivity contribution in [3.8, 4) is 0 Å². The fourth-order valence-electron chi connectivity index (χ4n) is 8.97. The first-order valence-electron chi connectivity index (χ1n) is 16.3. The number of H-pyrrole nitrogens is 1. The predicted octanol–water partition coefficient (Wildman–Crippen LogP) is 7.29. The number of nitrogens with one attached hydrogen (secondary N) is 1. The van der Waals surface area contributed by atoms with E-state index in [4.69, 9.17) is 4.98 Å². The molecule has 3 aliphatic rings. The molecule has 0 saturated carbocycles. The Kier molecular flexibility index (Phi) is 7.53. The highest BCUT2D eigenvalue weighted by molar-refractivity contribution is 5.95. The molecule has 4 atom stereocenters. The summed E-state index contributed by atoms with van der Waals surface area (Å²) in [7, 11) is 0. The zero-order valence-corrected chi connectivity index (χ0v) is 26.4. The van der Waals surface area contributed by atoms with Gasteiger partial charge in [0.25, 0.3) is 5.91 Å². The number of benzene rings is 2. The fraction of sp³-hybridized carbons (Fsp3) is 0.514. The first-order chi connectivity index (χ1) is 21.9. The number of nitrogens with zero attached hydrogens (tertiary/aromatic N) is 5. The summed E-state index contributed by atoms with van der Waals surface area (Å²) in [5.41, 5.74) is 1.07. The Morgan fingerprint density at radius 2 is 1.83 bits per heavy atom. The zero-order valence-electron chi connectivity index (χ0n) is 26.4. The number of amides is 1. The third-order valence-electron chi connectivity index (χ3n) is 11.5. The van der Waals surface area contributed by atoms with Gasteiger partial charge in [-0.1, -0.05) is 31.2 Å². The molecule has 7 nitrogen and oxygen atoms in total. The summed E-state index contributed by atoms with van der Waals surface area (Å²) in [6.07, 6.45) is 1.25. The number of para-hydroxylation sites is 2. The molecular formula is C35H40F4N6O. The number of imidazole rings is 1. The molecule has 3 fully saturated rings. The molecule has 0 spiro atoms. The molecule has 0 radical (unpaired) electrons. The summed E-state index contributed by atoms with van der Waals surface area (Å²) in [6.45, 7) is 8.22. The standard InChI is InChI=1S/C35H40F4N6O/c1-22-17-26-19-27(45-23(2)41-29-9-4-5-10-30(29)45)20-33(22,3)44(26)16-13-34(24-7-6-8-25(36)18-24)11-14-43(15-12-34)32(46)28-21-40-42-31(28)35(37,38)39/h4-10,18,21-22,26-27H,11-17,19-20H2,1-3H3,(H,40,42)/t22-,26?,27?,33?/m0/s1. The second kappa shape index (κ2) is 11.2. The van der Waals surface area contributed by atoms with Crippen LogP contribution in [-0.2, 0) is 11.6 Å². The SMILES string of the molecule is Cc1nc2ccccc2n1C1CC2C[C@H](C)C(C)(C1)N2CCC1(c2cccc(F)c2)CCN(C(=O)c2cn[nH]c2C(F)(F)F)CC1. The van der Waals surface area contributed by atoms with E-state index in [1.54, 1.807) is 12.1 Å². The molecule has 2 aromatic heterocycles. The molecule has 0 aliphatic carbocycles. The van der Waals surface area contributed by atoms with Gasteiger partial charge in [0.15, 0.2) is 5.69 Å². The van der Waals surface area contributed by atoms with Crippen molar-refractivity contribution in [3.05, 3.63) is 83.2 Å². The number of hydrogen-bond donors (Lipinski definition) is 1. The van der Waals surface area contributed by atoms with Crippen LogP contribution in [0.1, 0.15) is 85.9 Å². The van der Waals surface area contributed by atoms with Crippen LogP contribution in [0, 0.1) is 18.7 Å². The Morgan fingerprint density at radius 1 is 1.07 bits per heavy atom. The van der Waals surface area contributed by atoms with Crippen molar-refractivity contribution < 1.29 is 22.4 Å². The lowest BCUT2D eigenvalue weighted by Crippen LogP contribution is -2.55. The number of piperidine rings is 2. The average molecular weight is 637 g/mol. The first-order valence-corrected chi connectivity index (χ1v) is 16.3. The van der Waals surface area contributed by atoms with Gasteiger partial charge in [0.2, 0.25) is 0 Å². The molecule has 244 valence electrons. The second-order valence-electron chi connectivity index (χ2n) is 13.9. The number of aryl methyl sites for hydroxylation is 1. The number of carbonyl (C=O) groups excluding carboxylic acids is 1. The van der Waals surface area contributed by atoms with Crippen LogP contribution in [0.25, 0.3) is 11.0 Å². The van der Waals surface area contributed by atoms with Crippen molar-refractivity contribution in [2.75, 3.05) is 19.6 Å². The normalized spacial score (nSPS) is 26.6. The largest absolute Gasteiger partial charge is 0.433 e. The predicted molar refractivity (Wildman–Crippen MR) is 167 cm³/mol. The van der Waals surface area contributed by atoms with Crippen LogP contribution < -0.4 is 0 Å². The van der Waals surface area contributed by atoms with Gasteiger partial charge in [0.1, 0.15) is 11.6 Å². The highest BCUT2D eigenvalue weighted by atomic mass is 19.4. The first kappa shape index (κ1) is 30.9. The van der Waals surface area contributed by atoms with Gasteiger partial charge in [-0.15, -0.1) is 0 Å². The van der Waals surface area contributed by atoms with Crippen LogP contribution >= 0.6 is 0 Å². The number of likely N-dealkylation sites (tertiary alicyclic amines) is 1. The highest BCUT2D eigenvalue weighted by Crippen LogP contribution is 2.52. The van der Waals surface area contributed by atoms with E-state index >= 15 is 0 Å². The molecule has 11 heteroatoms. The van der Waals surface area contributed by atoms with Crippen molar-refractivity contribution in [1.82, 2.24) is 29.5 Å². The third-order valence-corrected chi connectivity index (χ3v) is 11.5. The number of aromatic amines is 1. The van der Waals surface area contributed by atoms with E-state index in [0.29, 0.717) is 30.8 Å². The fourth-order valence-corrected chi connectivity index (χ4v) is 8.97. The summed E-state index contributed by atoms with van der Waals surface area (Å²) in [6, 6.07) is 15.8. The quantitative estimate of drug-likeness (QED) is 0.226. The third kappa shape index (κ3) is 5.11. The lowest BCUT2D eigenvalue weighted by molar-refractivity contribution is -0.141. The minimum absolute atomic E-state index is 0.0273. The number of rotatable bonds is 6. The summed E-state index contributed by atoms with van der Waals surface area (Å²) in [5.74, 6) is 0.546. The van der Waals surface area contributed by atoms with Crippen molar-refractivity contribution >= 4 is 16.9 Å². The number of alkyl halides is 3. The van der Waals surface area contributed by atoms with E-state index in [-0.39, 0.29) is 24.4 Å². The van der Waals surface area contributed by atoms with Gasteiger partial charge in [0.05, 0.1) is 22.8 Å². The number of fused-ring (bicyclic) bond motifs is 3. The molecule has 2 aromatic carbocycles. The Hall–Kier alpha value is -3.73. The average Bonchev–Trinajstić information content (AvgIpc) is 3.68. The Labute approximate surface area is 266 Å². The van der Waals surface area contributed by atoms with E-state index in [0.717, 1.165) is 55.3 Å². The van der Waals surface area contributed by atoms with Crippen molar-refractivity contribution in [3.63, 3.8) is 0 Å². The Bertz CT molecular complexity index is 1750. The van der Waals surface area contributed by atoms with E-state index in [9.17, 15) is 22.4 Å². The topological polar surface area (TPSA) is 70.1 Å². The van der Waals surface area contributed by atoms with Gasteiger partial charge in [-0.2, -0.15) is 18.3 Å². The van der Waals surface area contributed by atoms with Crippen LogP contribution in [0.4, 0.5) is 17.6 Å². The van der Waals surface area contributed by atoms with E-state index in [1.165, 1.54) is 16.5 Å². The molecule has 3 aliphatic heterocycles. The number of hydrogen-bond acceptors (Lipinski definition) is 4. The van der Waals surface area contributed by atoms with E-state index in [1.807, 2.05) is 17.2 Å². The minimum Gasteiger partial charge on any atom is -0.338 e. The second-order valence-corrected chi connectivity index (χ2v) is 13.9. The Balaban J connectivity index is 1.12. The molecule has 7 rings (SSSR count). The lowest BCUT2D eigenvalue weighted by Gasteiger charge is -2.50. The molecular weight excluding hydrogens is 596 g/mol. The van der Waals surface area contributed by atoms with Gasteiger partial charge in [0, 0.05) is 30.7 Å². The van der Waals surface area contributed by atoms with Crippen molar-refractivity contribution in [2.24, 2.45) is 5.92 Å². The molecule has 3 unspecified atom stereocenters. The van der Waals surface area contributed by atoms with Gasteiger partial charge >= 0.3 is 6.18 Å². The summed E-state index contributed by atoms with van der Waals surface area (Å²) >= 11 is 0. The number of aromatic nitrogens is 4. The summed E-state index contributed by atoms with van der Waals surface area (Å²) in [5, 5.41) is 5.44. The molecule has 5 heterocycles. The van der Waals surface area contributed by atoms with Crippen molar-refractivity contribution in [1.29, 1.82) is 0 Å². The highest BCUT2D eigenvalue weighted by Gasteiger charge is 2.54. The molecule has 46 heavy (non-hydrogen) atoms. The maximum Gasteiger partial charge on any atom is 0.433 e.